The minimum atomic E-state index is -0.0478. The molecule has 7 heteroatoms. The van der Waals surface area contributed by atoms with E-state index in [1.165, 1.54) is 11.3 Å². The molecule has 4 N–H and O–H groups in total. The number of ether oxygens (including phenoxy) is 1. The normalized spacial score (nSPS) is 28.9. The number of amides is 1. The maximum Gasteiger partial charge on any atom is 0.251 e. The van der Waals surface area contributed by atoms with E-state index in [1.54, 1.807) is 7.11 Å². The molecule has 4 atom stereocenters. The summed E-state index contributed by atoms with van der Waals surface area (Å²) >= 11 is 1.42. The summed E-state index contributed by atoms with van der Waals surface area (Å²) < 4.78 is 6.63. The predicted octanol–water partition coefficient (Wildman–Crippen LogP) is 1.93. The van der Waals surface area contributed by atoms with Crippen LogP contribution in [0.3, 0.4) is 0 Å². The van der Waals surface area contributed by atoms with Gasteiger partial charge < -0.3 is 21.1 Å². The zero-order chi connectivity index (χ0) is 17.6. The van der Waals surface area contributed by atoms with Crippen molar-refractivity contribution in [1.29, 1.82) is 0 Å². The topological polar surface area (TPSA) is 89.3 Å². The number of rotatable bonds is 3. The van der Waals surface area contributed by atoms with E-state index >= 15 is 0 Å². The predicted molar refractivity (Wildman–Crippen MR) is 99.9 cm³/mol. The highest BCUT2D eigenvalue weighted by Gasteiger charge is 2.40. The molecule has 1 aromatic carbocycles. The molecular weight excluding hydrogens is 336 g/mol. The lowest BCUT2D eigenvalue weighted by molar-refractivity contribution is 0.0125. The summed E-state index contributed by atoms with van der Waals surface area (Å²) in [5.74, 6) is 1.24. The Morgan fingerprint density at radius 2 is 2.12 bits per heavy atom. The first-order valence-corrected chi connectivity index (χ1v) is 9.58. The summed E-state index contributed by atoms with van der Waals surface area (Å²) in [6, 6.07) is 3.83. The number of hydrogen-bond acceptors (Lipinski definition) is 6. The van der Waals surface area contributed by atoms with E-state index in [-0.39, 0.29) is 18.1 Å². The number of benzene rings is 1. The molecule has 1 aliphatic carbocycles. The number of nitrogens with zero attached hydrogens (tertiary/aromatic N) is 1. The first kappa shape index (κ1) is 16.8. The van der Waals surface area contributed by atoms with Gasteiger partial charge in [0.2, 0.25) is 0 Å². The smallest absolute Gasteiger partial charge is 0.251 e. The van der Waals surface area contributed by atoms with E-state index in [1.807, 2.05) is 19.1 Å². The van der Waals surface area contributed by atoms with Crippen molar-refractivity contribution >= 4 is 32.6 Å². The van der Waals surface area contributed by atoms with E-state index in [9.17, 15) is 4.79 Å². The fourth-order valence-corrected chi connectivity index (χ4v) is 5.14. The Morgan fingerprint density at radius 1 is 1.36 bits per heavy atom. The van der Waals surface area contributed by atoms with Gasteiger partial charge in [0, 0.05) is 12.7 Å². The van der Waals surface area contributed by atoms with Crippen molar-refractivity contribution in [1.82, 2.24) is 15.6 Å². The Morgan fingerprint density at radius 3 is 2.88 bits per heavy atom. The molecule has 0 bridgehead atoms. The zero-order valence-electron chi connectivity index (χ0n) is 14.5. The first-order chi connectivity index (χ1) is 12.0. The molecule has 1 aliphatic heterocycles. The van der Waals surface area contributed by atoms with Crippen LogP contribution < -0.4 is 16.4 Å². The second kappa shape index (κ2) is 6.55. The molecule has 25 heavy (non-hydrogen) atoms. The van der Waals surface area contributed by atoms with E-state index < -0.39 is 0 Å². The maximum atomic E-state index is 12.8. The van der Waals surface area contributed by atoms with Crippen LogP contribution in [0.1, 0.15) is 28.8 Å². The van der Waals surface area contributed by atoms with Gasteiger partial charge in [0.05, 0.1) is 22.4 Å². The molecular formula is C18H24N4O2S. The molecule has 0 unspecified atom stereocenters. The number of hydrogen-bond donors (Lipinski definition) is 3. The number of carbonyl (C=O) groups excluding carboxylic acids is 1. The van der Waals surface area contributed by atoms with Gasteiger partial charge in [-0.1, -0.05) is 11.3 Å². The standard InChI is InChI=1S/C18H24N4O2S/c1-9-3-10(6-15-16(9)22-18(19)25-15)17(23)21-13-4-11-7-20-8-12(11)5-14(13)24-2/h3,6,11-14,20H,4-5,7-8H2,1-2H3,(H2,19,22)(H,21,23)/t11-,12+,13-,14-/m0/s1. The molecule has 2 heterocycles. The maximum absolute atomic E-state index is 12.8. The summed E-state index contributed by atoms with van der Waals surface area (Å²) in [7, 11) is 1.74. The van der Waals surface area contributed by atoms with Crippen LogP contribution in [0.25, 0.3) is 10.2 Å². The third-order valence-corrected chi connectivity index (χ3v) is 6.44. The van der Waals surface area contributed by atoms with Crippen molar-refractivity contribution in [3.8, 4) is 0 Å². The molecule has 0 spiro atoms. The Hall–Kier alpha value is -1.70. The molecule has 1 saturated carbocycles. The molecule has 2 fully saturated rings. The van der Waals surface area contributed by atoms with Gasteiger partial charge in [0.15, 0.2) is 5.13 Å². The number of aromatic nitrogens is 1. The van der Waals surface area contributed by atoms with Crippen LogP contribution in [0.5, 0.6) is 0 Å². The second-order valence-corrected chi connectivity index (χ2v) is 8.26. The summed E-state index contributed by atoms with van der Waals surface area (Å²) in [4.78, 5) is 17.2. The molecule has 1 amide bonds. The van der Waals surface area contributed by atoms with E-state index in [0.29, 0.717) is 22.5 Å². The van der Waals surface area contributed by atoms with Gasteiger partial charge >= 0.3 is 0 Å². The van der Waals surface area contributed by atoms with Gasteiger partial charge in [-0.2, -0.15) is 0 Å². The first-order valence-electron chi connectivity index (χ1n) is 8.76. The van der Waals surface area contributed by atoms with Crippen molar-refractivity contribution < 1.29 is 9.53 Å². The van der Waals surface area contributed by atoms with Gasteiger partial charge in [0.25, 0.3) is 5.91 Å². The average molecular weight is 360 g/mol. The number of nitrogen functional groups attached to an aromatic ring is 1. The number of nitrogens with one attached hydrogen (secondary N) is 2. The quantitative estimate of drug-likeness (QED) is 0.778. The van der Waals surface area contributed by atoms with Crippen LogP contribution >= 0.6 is 11.3 Å². The van der Waals surface area contributed by atoms with Crippen LogP contribution in [-0.4, -0.2) is 43.2 Å². The SMILES string of the molecule is CO[C@H]1C[C@@H]2CNC[C@@H]2C[C@@H]1NC(=O)c1cc(C)c2nc(N)sc2c1. The number of nitrogens with two attached hydrogens (primary N) is 1. The van der Waals surface area contributed by atoms with Crippen LogP contribution in [0.2, 0.25) is 0 Å². The summed E-state index contributed by atoms with van der Waals surface area (Å²) in [6.07, 6.45) is 2.05. The van der Waals surface area contributed by atoms with E-state index in [0.717, 1.165) is 41.7 Å². The molecule has 2 aliphatic rings. The van der Waals surface area contributed by atoms with Gasteiger partial charge in [-0.15, -0.1) is 0 Å². The lowest BCUT2D eigenvalue weighted by Crippen LogP contribution is -2.50. The number of aryl methyl sites for hydroxylation is 1. The van der Waals surface area contributed by atoms with E-state index in [2.05, 4.69) is 15.6 Å². The van der Waals surface area contributed by atoms with Gasteiger partial charge in [-0.3, -0.25) is 4.79 Å². The summed E-state index contributed by atoms with van der Waals surface area (Å²) in [5.41, 5.74) is 8.32. The van der Waals surface area contributed by atoms with Crippen LogP contribution in [0.4, 0.5) is 5.13 Å². The van der Waals surface area contributed by atoms with Crippen molar-refractivity contribution in [3.63, 3.8) is 0 Å². The molecule has 1 saturated heterocycles. The van der Waals surface area contributed by atoms with Crippen molar-refractivity contribution in [2.45, 2.75) is 31.9 Å². The number of anilines is 1. The largest absolute Gasteiger partial charge is 0.379 e. The van der Waals surface area contributed by atoms with Crippen molar-refractivity contribution in [3.05, 3.63) is 23.3 Å². The van der Waals surface area contributed by atoms with Crippen molar-refractivity contribution in [2.75, 3.05) is 25.9 Å². The number of methoxy groups -OCH3 is 1. The van der Waals surface area contributed by atoms with Crippen molar-refractivity contribution in [2.24, 2.45) is 11.8 Å². The summed E-state index contributed by atoms with van der Waals surface area (Å²) in [6.45, 7) is 4.07. The molecule has 2 aromatic rings. The van der Waals surface area contributed by atoms with E-state index in [4.69, 9.17) is 10.5 Å². The second-order valence-electron chi connectivity index (χ2n) is 7.20. The van der Waals surface area contributed by atoms with Crippen LogP contribution in [0, 0.1) is 18.8 Å². The minimum absolute atomic E-state index is 0.0478. The fourth-order valence-electron chi connectivity index (χ4n) is 4.29. The molecule has 6 nitrogen and oxygen atoms in total. The third kappa shape index (κ3) is 3.12. The lowest BCUT2D eigenvalue weighted by atomic mass is 9.77. The summed E-state index contributed by atoms with van der Waals surface area (Å²) in [5, 5.41) is 7.20. The lowest BCUT2D eigenvalue weighted by Gasteiger charge is -2.37. The highest BCUT2D eigenvalue weighted by Crippen LogP contribution is 2.34. The Bertz CT molecular complexity index is 806. The van der Waals surface area contributed by atoms with Gasteiger partial charge in [0.1, 0.15) is 0 Å². The third-order valence-electron chi connectivity index (χ3n) is 5.60. The monoisotopic (exact) mass is 360 g/mol. The minimum Gasteiger partial charge on any atom is -0.379 e. The fraction of sp³-hybridized carbons (Fsp3) is 0.556. The molecule has 4 rings (SSSR count). The Kier molecular flexibility index (Phi) is 4.39. The molecule has 134 valence electrons. The zero-order valence-corrected chi connectivity index (χ0v) is 15.4. The Labute approximate surface area is 151 Å². The average Bonchev–Trinajstić information content (AvgIpc) is 3.19. The van der Waals surface area contributed by atoms with Gasteiger partial charge in [-0.05, 0) is 62.4 Å². The van der Waals surface area contributed by atoms with Crippen LogP contribution in [-0.2, 0) is 4.74 Å². The number of carbonyl (C=O) groups is 1. The Balaban J connectivity index is 1.54. The number of fused-ring (bicyclic) bond motifs is 2. The van der Waals surface area contributed by atoms with Crippen LogP contribution in [0.15, 0.2) is 12.1 Å². The van der Waals surface area contributed by atoms with Gasteiger partial charge in [-0.25, -0.2) is 4.98 Å². The number of thiazole rings is 1. The molecule has 0 radical (unpaired) electrons. The highest BCUT2D eigenvalue weighted by molar-refractivity contribution is 7.22. The molecule has 1 aromatic heterocycles. The highest BCUT2D eigenvalue weighted by atomic mass is 32.1.